The second-order valence-corrected chi connectivity index (χ2v) is 9.90. The first-order chi connectivity index (χ1) is 18.6. The van der Waals surface area contributed by atoms with Gasteiger partial charge < -0.3 is 15.5 Å². The van der Waals surface area contributed by atoms with Crippen LogP contribution in [0.5, 0.6) is 0 Å². The second-order valence-electron chi connectivity index (χ2n) is 9.90. The number of aromatic nitrogens is 5. The van der Waals surface area contributed by atoms with Crippen molar-refractivity contribution in [3.05, 3.63) is 90.3 Å². The van der Waals surface area contributed by atoms with Crippen molar-refractivity contribution in [2.75, 3.05) is 25.5 Å². The fourth-order valence-corrected chi connectivity index (χ4v) is 4.95. The minimum absolute atomic E-state index is 0.116. The van der Waals surface area contributed by atoms with Crippen LogP contribution in [0, 0.1) is 0 Å². The molecule has 0 radical (unpaired) electrons. The van der Waals surface area contributed by atoms with E-state index in [4.69, 9.17) is 4.98 Å². The highest BCUT2D eigenvalue weighted by molar-refractivity contribution is 5.95. The van der Waals surface area contributed by atoms with Crippen LogP contribution in [0.1, 0.15) is 60.5 Å². The van der Waals surface area contributed by atoms with Crippen LogP contribution in [0.3, 0.4) is 0 Å². The SMILES string of the molecule is CCC[C@@H](NC(=O)c1cccc(NC2(c3nc(-c4ccncc4)n[nH]3)CCN(C)CC2)c1)c1ccccn1. The van der Waals surface area contributed by atoms with Gasteiger partial charge in [0.15, 0.2) is 11.6 Å². The van der Waals surface area contributed by atoms with Crippen LogP contribution in [-0.4, -0.2) is 56.1 Å². The molecule has 196 valence electrons. The van der Waals surface area contributed by atoms with E-state index in [1.54, 1.807) is 18.6 Å². The Hall–Kier alpha value is -4.11. The molecule has 1 amide bonds. The summed E-state index contributed by atoms with van der Waals surface area (Å²) in [7, 11) is 2.13. The molecule has 1 fully saturated rings. The minimum Gasteiger partial charge on any atom is -0.373 e. The standard InChI is InChI=1S/C29H34N8O/c1-3-7-25(24-10-4-5-15-31-24)32-27(38)22-8-6-9-23(20-22)34-29(13-18-37(2)19-14-29)28-33-26(35-36-28)21-11-16-30-17-12-21/h4-6,8-12,15-17,20,25,34H,3,7,13-14,18-19H2,1-2H3,(H,32,38)(H,33,35,36)/t25-/m1/s1. The Labute approximate surface area is 223 Å². The zero-order valence-corrected chi connectivity index (χ0v) is 21.9. The number of hydrogen-bond acceptors (Lipinski definition) is 7. The van der Waals surface area contributed by atoms with Gasteiger partial charge in [-0.15, -0.1) is 0 Å². The highest BCUT2D eigenvalue weighted by Gasteiger charge is 2.39. The van der Waals surface area contributed by atoms with Crippen LogP contribution >= 0.6 is 0 Å². The molecule has 4 heterocycles. The topological polar surface area (TPSA) is 112 Å². The summed E-state index contributed by atoms with van der Waals surface area (Å²) < 4.78 is 0. The predicted molar refractivity (Wildman–Crippen MR) is 147 cm³/mol. The normalized spacial score (nSPS) is 16.1. The van der Waals surface area contributed by atoms with Crippen LogP contribution in [0.4, 0.5) is 5.69 Å². The Morgan fingerprint density at radius 2 is 1.89 bits per heavy atom. The summed E-state index contributed by atoms with van der Waals surface area (Å²) in [4.78, 5) is 29.0. The lowest BCUT2D eigenvalue weighted by atomic mass is 9.86. The average molecular weight is 511 g/mol. The third kappa shape index (κ3) is 5.73. The monoisotopic (exact) mass is 510 g/mol. The largest absolute Gasteiger partial charge is 0.373 e. The number of aromatic amines is 1. The van der Waals surface area contributed by atoms with Crippen molar-refractivity contribution < 1.29 is 4.79 Å². The molecule has 1 atom stereocenters. The molecule has 3 aromatic heterocycles. The number of carbonyl (C=O) groups excluding carboxylic acids is 1. The van der Waals surface area contributed by atoms with Crippen molar-refractivity contribution in [3.63, 3.8) is 0 Å². The van der Waals surface area contributed by atoms with Gasteiger partial charge in [0.05, 0.1) is 17.3 Å². The fourth-order valence-electron chi connectivity index (χ4n) is 4.95. The summed E-state index contributed by atoms with van der Waals surface area (Å²) in [6.45, 7) is 3.94. The summed E-state index contributed by atoms with van der Waals surface area (Å²) in [5.74, 6) is 1.33. The smallest absolute Gasteiger partial charge is 0.251 e. The highest BCUT2D eigenvalue weighted by Crippen LogP contribution is 2.35. The van der Waals surface area contributed by atoms with Gasteiger partial charge in [-0.05, 0) is 68.8 Å². The van der Waals surface area contributed by atoms with E-state index in [1.807, 2.05) is 54.6 Å². The Kier molecular flexibility index (Phi) is 7.74. The van der Waals surface area contributed by atoms with Gasteiger partial charge in [0, 0.05) is 48.5 Å². The molecule has 3 N–H and O–H groups in total. The van der Waals surface area contributed by atoms with E-state index in [-0.39, 0.29) is 11.9 Å². The van der Waals surface area contributed by atoms with Crippen molar-refractivity contribution in [2.45, 2.75) is 44.2 Å². The second kappa shape index (κ2) is 11.5. The molecule has 1 aliphatic heterocycles. The first-order valence-electron chi connectivity index (χ1n) is 13.2. The van der Waals surface area contributed by atoms with Crippen molar-refractivity contribution in [3.8, 4) is 11.4 Å². The van der Waals surface area contributed by atoms with E-state index in [1.165, 1.54) is 0 Å². The molecule has 1 aliphatic rings. The molecular formula is C29H34N8O. The molecule has 0 spiro atoms. The van der Waals surface area contributed by atoms with E-state index in [0.717, 1.165) is 61.5 Å². The van der Waals surface area contributed by atoms with Gasteiger partial charge in [-0.2, -0.15) is 5.10 Å². The number of nitrogens with one attached hydrogen (secondary N) is 3. The molecule has 0 unspecified atom stereocenters. The van der Waals surface area contributed by atoms with Gasteiger partial charge in [0.2, 0.25) is 0 Å². The summed E-state index contributed by atoms with van der Waals surface area (Å²) in [6.07, 6.45) is 8.71. The van der Waals surface area contributed by atoms with Crippen molar-refractivity contribution in [1.82, 2.24) is 35.4 Å². The van der Waals surface area contributed by atoms with Gasteiger partial charge in [-0.25, -0.2) is 4.98 Å². The lowest BCUT2D eigenvalue weighted by Gasteiger charge is -2.40. The zero-order valence-electron chi connectivity index (χ0n) is 21.9. The van der Waals surface area contributed by atoms with Crippen LogP contribution in [0.2, 0.25) is 0 Å². The van der Waals surface area contributed by atoms with Crippen LogP contribution in [0.15, 0.2) is 73.2 Å². The number of H-pyrrole nitrogens is 1. The van der Waals surface area contributed by atoms with Gasteiger partial charge in [-0.1, -0.05) is 25.5 Å². The first kappa shape index (κ1) is 25.5. The molecule has 9 heteroatoms. The maximum atomic E-state index is 13.3. The van der Waals surface area contributed by atoms with Gasteiger partial charge >= 0.3 is 0 Å². The van der Waals surface area contributed by atoms with E-state index in [0.29, 0.717) is 11.4 Å². The van der Waals surface area contributed by atoms with E-state index in [9.17, 15) is 4.79 Å². The zero-order chi connectivity index (χ0) is 26.4. The van der Waals surface area contributed by atoms with Crippen LogP contribution in [-0.2, 0) is 5.54 Å². The van der Waals surface area contributed by atoms with Gasteiger partial charge in [0.25, 0.3) is 5.91 Å². The maximum Gasteiger partial charge on any atom is 0.251 e. The van der Waals surface area contributed by atoms with Gasteiger partial charge in [-0.3, -0.25) is 19.9 Å². The van der Waals surface area contributed by atoms with E-state index in [2.05, 4.69) is 49.7 Å². The molecule has 0 bridgehead atoms. The van der Waals surface area contributed by atoms with Gasteiger partial charge in [0.1, 0.15) is 0 Å². The lowest BCUT2D eigenvalue weighted by molar-refractivity contribution is 0.0933. The number of carbonyl (C=O) groups is 1. The predicted octanol–water partition coefficient (Wildman–Crippen LogP) is 4.57. The number of benzene rings is 1. The molecule has 0 saturated carbocycles. The Balaban J connectivity index is 1.38. The third-order valence-electron chi connectivity index (χ3n) is 7.15. The number of nitrogens with zero attached hydrogens (tertiary/aromatic N) is 5. The summed E-state index contributed by atoms with van der Waals surface area (Å²) in [6, 6.07) is 17.1. The maximum absolute atomic E-state index is 13.3. The molecule has 9 nitrogen and oxygen atoms in total. The van der Waals surface area contributed by atoms with Crippen molar-refractivity contribution >= 4 is 11.6 Å². The number of pyridine rings is 2. The summed E-state index contributed by atoms with van der Waals surface area (Å²) in [5, 5.41) is 14.6. The molecular weight excluding hydrogens is 476 g/mol. The number of amides is 1. The molecule has 1 aromatic carbocycles. The number of hydrogen-bond donors (Lipinski definition) is 3. The summed E-state index contributed by atoms with van der Waals surface area (Å²) >= 11 is 0. The van der Waals surface area contributed by atoms with E-state index < -0.39 is 5.54 Å². The number of piperidine rings is 1. The Bertz CT molecular complexity index is 1330. The Morgan fingerprint density at radius 3 is 2.63 bits per heavy atom. The number of anilines is 1. The molecule has 5 rings (SSSR count). The highest BCUT2D eigenvalue weighted by atomic mass is 16.1. The molecule has 4 aromatic rings. The number of rotatable bonds is 9. The molecule has 1 saturated heterocycles. The number of likely N-dealkylation sites (tertiary alicyclic amines) is 1. The first-order valence-corrected chi connectivity index (χ1v) is 13.2. The minimum atomic E-state index is -0.432. The molecule has 38 heavy (non-hydrogen) atoms. The van der Waals surface area contributed by atoms with Crippen molar-refractivity contribution in [1.29, 1.82) is 0 Å². The Morgan fingerprint density at radius 1 is 1.08 bits per heavy atom. The average Bonchev–Trinajstić information content (AvgIpc) is 3.47. The molecule has 0 aliphatic carbocycles. The lowest BCUT2D eigenvalue weighted by Crippen LogP contribution is -2.46. The van der Waals surface area contributed by atoms with Crippen LogP contribution < -0.4 is 10.6 Å². The van der Waals surface area contributed by atoms with Crippen molar-refractivity contribution in [2.24, 2.45) is 0 Å². The van der Waals surface area contributed by atoms with E-state index >= 15 is 0 Å². The van der Waals surface area contributed by atoms with Crippen LogP contribution in [0.25, 0.3) is 11.4 Å². The quantitative estimate of drug-likeness (QED) is 0.302. The third-order valence-corrected chi connectivity index (χ3v) is 7.15. The summed E-state index contributed by atoms with van der Waals surface area (Å²) in [5.41, 5.74) is 2.83. The fraction of sp³-hybridized carbons (Fsp3) is 0.345.